The van der Waals surface area contributed by atoms with Crippen LogP contribution in [0, 0.1) is 5.92 Å². The zero-order valence-electron chi connectivity index (χ0n) is 12.5. The fourth-order valence-electron chi connectivity index (χ4n) is 3.09. The number of amides is 1. The van der Waals surface area contributed by atoms with Crippen molar-refractivity contribution in [1.29, 1.82) is 0 Å². The van der Waals surface area contributed by atoms with Crippen LogP contribution in [0.25, 0.3) is 0 Å². The third-order valence-electron chi connectivity index (χ3n) is 4.60. The molecule has 2 aliphatic carbocycles. The number of rotatable bonds is 4. The lowest BCUT2D eigenvalue weighted by Gasteiger charge is -2.27. The third-order valence-corrected chi connectivity index (χ3v) is 5.83. The Labute approximate surface area is 128 Å². The molecular formula is C16H21NO3S. The maximum Gasteiger partial charge on any atom is 0.331 e. The Kier molecular flexibility index (Phi) is 3.78. The molecule has 0 aromatic carbocycles. The summed E-state index contributed by atoms with van der Waals surface area (Å²) in [6.07, 6.45) is 6.48. The fourth-order valence-corrected chi connectivity index (χ4v) is 4.24. The number of nitrogens with one attached hydrogen (secondary N) is 1. The van der Waals surface area contributed by atoms with Crippen LogP contribution in [0.3, 0.4) is 0 Å². The van der Waals surface area contributed by atoms with Crippen LogP contribution < -0.4 is 5.32 Å². The summed E-state index contributed by atoms with van der Waals surface area (Å²) in [6.45, 7) is 1.78. The molecule has 0 bridgehead atoms. The van der Waals surface area contributed by atoms with Gasteiger partial charge in [-0.25, -0.2) is 4.79 Å². The van der Waals surface area contributed by atoms with E-state index in [1.807, 2.05) is 6.07 Å². The van der Waals surface area contributed by atoms with Gasteiger partial charge in [0, 0.05) is 4.88 Å². The summed E-state index contributed by atoms with van der Waals surface area (Å²) in [5, 5.41) is 2.93. The number of hydrogen-bond acceptors (Lipinski definition) is 4. The molecular weight excluding hydrogens is 286 g/mol. The van der Waals surface area contributed by atoms with Gasteiger partial charge >= 0.3 is 5.97 Å². The molecule has 1 aromatic rings. The lowest BCUT2D eigenvalue weighted by Crippen LogP contribution is -2.54. The van der Waals surface area contributed by atoms with E-state index in [0.29, 0.717) is 0 Å². The molecule has 5 heteroatoms. The first-order valence-corrected chi connectivity index (χ1v) is 8.38. The molecule has 0 radical (unpaired) electrons. The monoisotopic (exact) mass is 307 g/mol. The minimum absolute atomic E-state index is 0.144. The van der Waals surface area contributed by atoms with Crippen LogP contribution in [0.15, 0.2) is 6.07 Å². The normalized spacial score (nSPS) is 20.3. The second-order valence-corrected chi connectivity index (χ2v) is 7.33. The highest BCUT2D eigenvalue weighted by atomic mass is 32.1. The largest absolute Gasteiger partial charge is 0.467 e. The van der Waals surface area contributed by atoms with E-state index in [1.54, 1.807) is 18.3 Å². The van der Waals surface area contributed by atoms with Gasteiger partial charge in [-0.3, -0.25) is 4.79 Å². The summed E-state index contributed by atoms with van der Waals surface area (Å²) in [7, 11) is 1.37. The van der Waals surface area contributed by atoms with Crippen molar-refractivity contribution in [3.8, 4) is 0 Å². The third kappa shape index (κ3) is 2.71. The van der Waals surface area contributed by atoms with Gasteiger partial charge in [0.25, 0.3) is 5.91 Å². The highest BCUT2D eigenvalue weighted by Gasteiger charge is 2.49. The van der Waals surface area contributed by atoms with Crippen molar-refractivity contribution in [1.82, 2.24) is 5.32 Å². The van der Waals surface area contributed by atoms with Crippen molar-refractivity contribution in [2.24, 2.45) is 5.92 Å². The van der Waals surface area contributed by atoms with E-state index in [0.717, 1.165) is 30.6 Å². The van der Waals surface area contributed by atoms with Crippen molar-refractivity contribution in [3.05, 3.63) is 21.4 Å². The van der Waals surface area contributed by atoms with Crippen LogP contribution in [0.1, 0.15) is 52.7 Å². The number of methoxy groups -OCH3 is 1. The molecule has 0 saturated heterocycles. The average molecular weight is 307 g/mol. The zero-order chi connectivity index (χ0) is 15.0. The lowest BCUT2D eigenvalue weighted by atomic mass is 9.95. The summed E-state index contributed by atoms with van der Waals surface area (Å²) >= 11 is 1.57. The minimum atomic E-state index is -0.893. The molecule has 1 amide bonds. The van der Waals surface area contributed by atoms with Crippen molar-refractivity contribution in [3.63, 3.8) is 0 Å². The van der Waals surface area contributed by atoms with Gasteiger partial charge in [0.2, 0.25) is 0 Å². The topological polar surface area (TPSA) is 55.4 Å². The standard InChI is InChI=1S/C16H21NO3S/c1-16(11-7-8-11,15(19)20-2)17-14(18)13-9-10-5-3-4-6-12(10)21-13/h9,11H,3-8H2,1-2H3,(H,17,18)/t16-/m1/s1. The summed E-state index contributed by atoms with van der Waals surface area (Å²) in [4.78, 5) is 26.6. The number of fused-ring (bicyclic) bond motifs is 1. The van der Waals surface area contributed by atoms with Crippen molar-refractivity contribution in [2.75, 3.05) is 7.11 Å². The van der Waals surface area contributed by atoms with E-state index >= 15 is 0 Å². The summed E-state index contributed by atoms with van der Waals surface area (Å²) in [5.41, 5.74) is 0.415. The first-order valence-electron chi connectivity index (χ1n) is 7.57. The molecule has 1 aromatic heterocycles. The highest BCUT2D eigenvalue weighted by Crippen LogP contribution is 2.40. The molecule has 3 rings (SSSR count). The molecule has 4 nitrogen and oxygen atoms in total. The van der Waals surface area contributed by atoms with Gasteiger partial charge in [-0.05, 0) is 63.0 Å². The number of ether oxygens (including phenoxy) is 1. The number of esters is 1. The van der Waals surface area contributed by atoms with E-state index in [2.05, 4.69) is 5.32 Å². The number of aryl methyl sites for hydroxylation is 2. The van der Waals surface area contributed by atoms with Crippen molar-refractivity contribution < 1.29 is 14.3 Å². The van der Waals surface area contributed by atoms with E-state index in [4.69, 9.17) is 4.74 Å². The van der Waals surface area contributed by atoms with Crippen LogP contribution in [-0.2, 0) is 22.4 Å². The van der Waals surface area contributed by atoms with Crippen molar-refractivity contribution in [2.45, 2.75) is 51.0 Å². The number of thiophene rings is 1. The fraction of sp³-hybridized carbons (Fsp3) is 0.625. The Morgan fingerprint density at radius 3 is 2.67 bits per heavy atom. The van der Waals surface area contributed by atoms with E-state index < -0.39 is 5.54 Å². The van der Waals surface area contributed by atoms with Gasteiger partial charge in [-0.2, -0.15) is 0 Å². The maximum atomic E-state index is 12.5. The van der Waals surface area contributed by atoms with Gasteiger partial charge in [-0.1, -0.05) is 0 Å². The minimum Gasteiger partial charge on any atom is -0.467 e. The number of carbonyl (C=O) groups is 2. The van der Waals surface area contributed by atoms with Gasteiger partial charge in [0.05, 0.1) is 12.0 Å². The molecule has 0 spiro atoms. The molecule has 0 unspecified atom stereocenters. The molecule has 0 aliphatic heterocycles. The molecule has 1 heterocycles. The van der Waals surface area contributed by atoms with Crippen molar-refractivity contribution >= 4 is 23.2 Å². The second-order valence-electron chi connectivity index (χ2n) is 6.19. The summed E-state index contributed by atoms with van der Waals surface area (Å²) < 4.78 is 4.88. The van der Waals surface area contributed by atoms with Crippen LogP contribution in [0.2, 0.25) is 0 Å². The van der Waals surface area contributed by atoms with Crippen LogP contribution >= 0.6 is 11.3 Å². The Bertz CT molecular complexity index is 553. The highest BCUT2D eigenvalue weighted by molar-refractivity contribution is 7.14. The molecule has 1 fully saturated rings. The SMILES string of the molecule is COC(=O)[C@](C)(NC(=O)c1cc2c(s1)CCCC2)C1CC1. The second kappa shape index (κ2) is 5.44. The Morgan fingerprint density at radius 1 is 1.33 bits per heavy atom. The molecule has 1 saturated carbocycles. The first-order chi connectivity index (χ1) is 10.0. The van der Waals surface area contributed by atoms with Crippen LogP contribution in [0.4, 0.5) is 0 Å². The predicted octanol–water partition coefficient (Wildman–Crippen LogP) is 2.70. The summed E-state index contributed by atoms with van der Waals surface area (Å²) in [6, 6.07) is 2.00. The first kappa shape index (κ1) is 14.6. The van der Waals surface area contributed by atoms with Gasteiger partial charge in [0.15, 0.2) is 0 Å². The van der Waals surface area contributed by atoms with Gasteiger partial charge in [-0.15, -0.1) is 11.3 Å². The Hall–Kier alpha value is -1.36. The average Bonchev–Trinajstić information content (AvgIpc) is 3.25. The number of carbonyl (C=O) groups excluding carboxylic acids is 2. The maximum absolute atomic E-state index is 12.5. The quantitative estimate of drug-likeness (QED) is 0.870. The van der Waals surface area contributed by atoms with Gasteiger partial charge < -0.3 is 10.1 Å². The zero-order valence-corrected chi connectivity index (χ0v) is 13.3. The van der Waals surface area contributed by atoms with Crippen LogP contribution in [-0.4, -0.2) is 24.5 Å². The molecule has 114 valence electrons. The molecule has 2 aliphatic rings. The predicted molar refractivity (Wildman–Crippen MR) is 81.6 cm³/mol. The van der Waals surface area contributed by atoms with E-state index in [9.17, 15) is 9.59 Å². The van der Waals surface area contributed by atoms with Crippen LogP contribution in [0.5, 0.6) is 0 Å². The number of hydrogen-bond donors (Lipinski definition) is 1. The van der Waals surface area contributed by atoms with E-state index in [1.165, 1.54) is 30.4 Å². The molecule has 21 heavy (non-hydrogen) atoms. The Morgan fingerprint density at radius 2 is 2.05 bits per heavy atom. The molecule has 1 N–H and O–H groups in total. The van der Waals surface area contributed by atoms with Gasteiger partial charge in [0.1, 0.15) is 5.54 Å². The Balaban J connectivity index is 1.78. The molecule has 1 atom stereocenters. The van der Waals surface area contributed by atoms with E-state index in [-0.39, 0.29) is 17.8 Å². The lowest BCUT2D eigenvalue weighted by molar-refractivity contribution is -0.148. The summed E-state index contributed by atoms with van der Waals surface area (Å²) in [5.74, 6) is -0.294. The smallest absolute Gasteiger partial charge is 0.331 e.